The number of nitrogens with zero attached hydrogens (tertiary/aromatic N) is 9. The molecule has 0 radical (unpaired) electrons. The van der Waals surface area contributed by atoms with Crippen molar-refractivity contribution in [1.29, 1.82) is 0 Å². The summed E-state index contributed by atoms with van der Waals surface area (Å²) in [6, 6.07) is 15.3. The molecule has 1 saturated carbocycles. The Balaban J connectivity index is 0.690. The lowest BCUT2D eigenvalue weighted by atomic mass is 9.73. The summed E-state index contributed by atoms with van der Waals surface area (Å²) in [6.07, 6.45) is 9.33. The third kappa shape index (κ3) is 9.79. The number of hydrogen-bond acceptors (Lipinski definition) is 13. The topological polar surface area (TPSA) is 223 Å². The van der Waals surface area contributed by atoms with Gasteiger partial charge < -0.3 is 39.7 Å². The fourth-order valence-corrected chi connectivity index (χ4v) is 14.6. The van der Waals surface area contributed by atoms with Crippen LogP contribution in [0, 0.1) is 24.6 Å². The third-order valence-corrected chi connectivity index (χ3v) is 19.5. The summed E-state index contributed by atoms with van der Waals surface area (Å²) in [6.45, 7) is 14.3. The normalized spacial score (nSPS) is 22.8. The molecule has 0 bridgehead atoms. The second-order valence-electron chi connectivity index (χ2n) is 25.4. The number of aromatic nitrogens is 3. The van der Waals surface area contributed by atoms with Crippen molar-refractivity contribution in [3.63, 3.8) is 0 Å². The summed E-state index contributed by atoms with van der Waals surface area (Å²) >= 11 is 0. The highest BCUT2D eigenvalue weighted by molar-refractivity contribution is 6.24. The average Bonchev–Trinajstić information content (AvgIpc) is 1.62. The fraction of sp³-hybridized carbons (Fsp3) is 0.500. The van der Waals surface area contributed by atoms with Crippen LogP contribution < -0.4 is 25.8 Å². The number of aryl methyl sites for hydroxylation is 1. The molecule has 20 nitrogen and oxygen atoms in total. The van der Waals surface area contributed by atoms with E-state index in [0.29, 0.717) is 105 Å². The van der Waals surface area contributed by atoms with Gasteiger partial charge in [0.2, 0.25) is 29.5 Å². The number of rotatable bonds is 12. The Bertz CT molecular complexity index is 3620. The number of carbonyl (C=O) groups excluding carboxylic acids is 8. The first-order valence-electron chi connectivity index (χ1n) is 30.5. The molecule has 9 heterocycles. The minimum absolute atomic E-state index is 0.00132. The molecule has 8 aliphatic rings. The van der Waals surface area contributed by atoms with E-state index in [9.17, 15) is 33.6 Å². The Hall–Kier alpha value is -8.07. The maximum atomic E-state index is 15.9. The largest absolute Gasteiger partial charge is 0.371 e. The Morgan fingerprint density at radius 2 is 1.47 bits per heavy atom. The second kappa shape index (κ2) is 21.8. The third-order valence-electron chi connectivity index (χ3n) is 19.5. The van der Waals surface area contributed by atoms with Crippen molar-refractivity contribution in [2.75, 3.05) is 67.5 Å². The molecule has 1 spiro atoms. The van der Waals surface area contributed by atoms with E-state index >= 15 is 9.18 Å². The van der Waals surface area contributed by atoms with Crippen LogP contribution in [0.25, 0.3) is 22.3 Å². The van der Waals surface area contributed by atoms with Crippen molar-refractivity contribution >= 4 is 81.2 Å². The molecule has 1 aliphatic carbocycles. The van der Waals surface area contributed by atoms with Crippen LogP contribution in [0.15, 0.2) is 60.9 Å². The van der Waals surface area contributed by atoms with Crippen molar-refractivity contribution in [1.82, 2.24) is 44.8 Å². The minimum atomic E-state index is -1.05. The number of imidazole rings is 1. The summed E-state index contributed by atoms with van der Waals surface area (Å²) in [5.74, 6) is -3.13. The number of hydrogen-bond donors (Lipinski definition) is 3. The zero-order chi connectivity index (χ0) is 59.3. The number of imide groups is 2. The van der Waals surface area contributed by atoms with Gasteiger partial charge in [0, 0.05) is 98.3 Å². The van der Waals surface area contributed by atoms with Crippen molar-refractivity contribution in [2.24, 2.45) is 11.8 Å². The Morgan fingerprint density at radius 1 is 0.753 bits per heavy atom. The Labute approximate surface area is 492 Å². The number of carbonyl (C=O) groups is 8. The van der Waals surface area contributed by atoms with Gasteiger partial charge in [-0.15, -0.1) is 0 Å². The Morgan fingerprint density at radius 3 is 2.18 bits per heavy atom. The number of fused-ring (bicyclic) bond motifs is 4. The van der Waals surface area contributed by atoms with Gasteiger partial charge in [-0.05, 0) is 159 Å². The Kier molecular flexibility index (Phi) is 14.4. The van der Waals surface area contributed by atoms with Crippen LogP contribution >= 0.6 is 0 Å². The summed E-state index contributed by atoms with van der Waals surface area (Å²) in [5, 5.41) is 8.42. The smallest absolute Gasteiger partial charge is 0.262 e. The van der Waals surface area contributed by atoms with E-state index < -0.39 is 40.9 Å². The van der Waals surface area contributed by atoms with Crippen molar-refractivity contribution in [3.8, 4) is 11.3 Å². The number of halogens is 1. The monoisotopic (exact) mass is 1160 g/mol. The molecular formula is C64H73FN12O8. The number of pyridine rings is 1. The molecule has 2 aromatic heterocycles. The number of anilines is 4. The lowest BCUT2D eigenvalue weighted by molar-refractivity contribution is -0.152. The van der Waals surface area contributed by atoms with E-state index in [4.69, 9.17) is 9.97 Å². The van der Waals surface area contributed by atoms with Gasteiger partial charge in [-0.1, -0.05) is 18.6 Å². The van der Waals surface area contributed by atoms with Gasteiger partial charge in [0.25, 0.3) is 17.7 Å². The maximum absolute atomic E-state index is 15.9. The van der Waals surface area contributed by atoms with Gasteiger partial charge >= 0.3 is 0 Å². The standard InChI is InChI=1S/C64H73FN12O8/c1-35(2)67-57(79)45-30-50(48(65)25-37(45)5)69-56-55-51(66-34-75(55)36(3)4)31-49(68-56)39-9-12-47-53(26-39)76(43-27-42(28-43)71-19-7-6-8-20-71)63(85)64(47)17-23-73(24-18-64)60(82)40-32-74(33-40)59(81)38-15-21-72(22-16-38)41-10-11-44-46(29-41)62(84)77(61(44)83)52-13-14-54(78)70-58(52)80/h9-12,25-26,29-31,34-36,38,40,42-43,52H,6-8,13-24,27-28,32-33H2,1-5H3,(H,67,79)(H,68,69)(H,70,78,80)/t42-,43+,52?. The predicted octanol–water partition coefficient (Wildman–Crippen LogP) is 7.01. The van der Waals surface area contributed by atoms with Crippen LogP contribution in [0.2, 0.25) is 0 Å². The number of piperidine rings is 4. The van der Waals surface area contributed by atoms with E-state index in [1.54, 1.807) is 36.4 Å². The van der Waals surface area contributed by atoms with Crippen LogP contribution in [-0.4, -0.2) is 158 Å². The van der Waals surface area contributed by atoms with Crippen molar-refractivity contribution < 1.29 is 42.7 Å². The average molecular weight is 1160 g/mol. The molecule has 21 heteroatoms. The van der Waals surface area contributed by atoms with E-state index in [1.165, 1.54) is 31.4 Å². The molecule has 1 atom stereocenters. The van der Waals surface area contributed by atoms with Gasteiger partial charge in [0.15, 0.2) is 5.82 Å². The zero-order valence-corrected chi connectivity index (χ0v) is 48.9. The second-order valence-corrected chi connectivity index (χ2v) is 25.4. The molecule has 6 fully saturated rings. The van der Waals surface area contributed by atoms with Crippen LogP contribution in [0.1, 0.15) is 147 Å². The van der Waals surface area contributed by atoms with Crippen molar-refractivity contribution in [2.45, 2.75) is 141 Å². The molecular weight excluding hydrogens is 1080 g/mol. The quantitative estimate of drug-likeness (QED) is 0.107. The highest BCUT2D eigenvalue weighted by atomic mass is 19.1. The molecule has 1 unspecified atom stereocenters. The SMILES string of the molecule is Cc1cc(F)c(Nc2nc(-c3ccc4c(c3)N([C@H]3C[C@@H](N5CCCCC5)C3)C(=O)C43CCN(C(=O)C4CN(C(=O)C5CCN(c6ccc7c(c6)C(=O)N(C6CCC(=O)NC6=O)C7=O)CC5)C4)CC3)cc3ncn(C(C)C)c23)cc1C(=O)NC(C)C. The summed E-state index contributed by atoms with van der Waals surface area (Å²) in [4.78, 5) is 129. The predicted molar refractivity (Wildman–Crippen MR) is 316 cm³/mol. The van der Waals surface area contributed by atoms with E-state index in [-0.39, 0.29) is 83.2 Å². The summed E-state index contributed by atoms with van der Waals surface area (Å²) in [7, 11) is 0. The summed E-state index contributed by atoms with van der Waals surface area (Å²) < 4.78 is 17.9. The minimum Gasteiger partial charge on any atom is -0.371 e. The maximum Gasteiger partial charge on any atom is 0.262 e. The molecule has 5 aromatic rings. The van der Waals surface area contributed by atoms with Crippen LogP contribution in [0.4, 0.5) is 27.3 Å². The van der Waals surface area contributed by atoms with Crippen LogP contribution in [0.3, 0.4) is 0 Å². The number of benzene rings is 3. The molecule has 5 saturated heterocycles. The highest BCUT2D eigenvalue weighted by Crippen LogP contribution is 2.53. The van der Waals surface area contributed by atoms with Gasteiger partial charge in [-0.25, -0.2) is 14.4 Å². The van der Waals surface area contributed by atoms with Gasteiger partial charge in [0.1, 0.15) is 17.4 Å². The molecule has 3 N–H and O–H groups in total. The van der Waals surface area contributed by atoms with E-state index in [1.807, 2.05) is 49.3 Å². The first kappa shape index (κ1) is 56.1. The van der Waals surface area contributed by atoms with E-state index in [2.05, 4.69) is 42.8 Å². The fourth-order valence-electron chi connectivity index (χ4n) is 14.6. The van der Waals surface area contributed by atoms with Gasteiger partial charge in [0.05, 0.1) is 45.7 Å². The van der Waals surface area contributed by atoms with Crippen LogP contribution in [-0.2, 0) is 29.4 Å². The lowest BCUT2D eigenvalue weighted by Crippen LogP contribution is -2.60. The number of nitrogens with one attached hydrogen (secondary N) is 3. The first-order chi connectivity index (χ1) is 40.8. The number of amides is 8. The van der Waals surface area contributed by atoms with E-state index in [0.717, 1.165) is 53.3 Å². The first-order valence-corrected chi connectivity index (χ1v) is 30.5. The van der Waals surface area contributed by atoms with Crippen molar-refractivity contribution in [3.05, 3.63) is 94.6 Å². The molecule has 7 aliphatic heterocycles. The number of likely N-dealkylation sites (tertiary alicyclic amines) is 3. The zero-order valence-electron chi connectivity index (χ0n) is 48.9. The highest BCUT2D eigenvalue weighted by Gasteiger charge is 2.57. The lowest BCUT2D eigenvalue weighted by Gasteiger charge is -2.48. The van der Waals surface area contributed by atoms with Gasteiger partial charge in [-0.3, -0.25) is 48.6 Å². The molecule has 8 amide bonds. The molecule has 3 aromatic carbocycles. The summed E-state index contributed by atoms with van der Waals surface area (Å²) in [5.41, 5.74) is 5.79. The van der Waals surface area contributed by atoms with Crippen LogP contribution in [0.5, 0.6) is 0 Å². The van der Waals surface area contributed by atoms with Gasteiger partial charge in [-0.2, -0.15) is 0 Å². The molecule has 85 heavy (non-hydrogen) atoms. The molecule has 444 valence electrons. The molecule has 13 rings (SSSR count).